The van der Waals surface area contributed by atoms with E-state index in [1.807, 2.05) is 0 Å². The summed E-state index contributed by atoms with van der Waals surface area (Å²) in [6, 6.07) is 6.21. The SMILES string of the molecule is CC1(C)OB(O)c2ccc(C(=O)C=C(c3cc(Cl)c(Cl)c(Cl)c3)C(F)(F)F)cc21. The topological polar surface area (TPSA) is 46.5 Å². The van der Waals surface area contributed by atoms with Gasteiger partial charge in [-0.15, -0.1) is 0 Å². The van der Waals surface area contributed by atoms with E-state index in [1.165, 1.54) is 18.2 Å². The first-order valence-electron chi connectivity index (χ1n) is 8.29. The zero-order valence-electron chi connectivity index (χ0n) is 15.1. The maximum Gasteiger partial charge on any atom is 0.492 e. The second kappa shape index (κ2) is 7.63. The number of ketones is 1. The number of fused-ring (bicyclic) bond motifs is 1. The minimum Gasteiger partial charge on any atom is -0.423 e. The summed E-state index contributed by atoms with van der Waals surface area (Å²) in [6.07, 6.45) is -4.36. The Morgan fingerprint density at radius 2 is 1.69 bits per heavy atom. The second-order valence-corrected chi connectivity index (χ2v) is 8.15. The van der Waals surface area contributed by atoms with Crippen LogP contribution in [0, 0.1) is 0 Å². The van der Waals surface area contributed by atoms with Crippen LogP contribution in [0.4, 0.5) is 13.2 Å². The number of carbonyl (C=O) groups is 1. The van der Waals surface area contributed by atoms with Gasteiger partial charge in [-0.25, -0.2) is 0 Å². The molecule has 1 aliphatic heterocycles. The number of carbonyl (C=O) groups excluding carboxylic acids is 1. The summed E-state index contributed by atoms with van der Waals surface area (Å²) in [5.41, 5.74) is -1.48. The van der Waals surface area contributed by atoms with E-state index in [2.05, 4.69) is 0 Å². The Morgan fingerprint density at radius 1 is 1.10 bits per heavy atom. The van der Waals surface area contributed by atoms with E-state index >= 15 is 0 Å². The van der Waals surface area contributed by atoms with Crippen LogP contribution in [-0.4, -0.2) is 24.1 Å². The van der Waals surface area contributed by atoms with Crippen molar-refractivity contribution in [2.45, 2.75) is 25.6 Å². The number of allylic oxidation sites excluding steroid dienone is 2. The number of hydrogen-bond donors (Lipinski definition) is 1. The zero-order valence-corrected chi connectivity index (χ0v) is 17.3. The van der Waals surface area contributed by atoms with E-state index in [4.69, 9.17) is 39.5 Å². The fourth-order valence-corrected chi connectivity index (χ4v) is 3.70. The maximum absolute atomic E-state index is 13.6. The molecule has 2 aromatic carbocycles. The zero-order chi connectivity index (χ0) is 21.7. The van der Waals surface area contributed by atoms with Gasteiger partial charge >= 0.3 is 13.3 Å². The second-order valence-electron chi connectivity index (χ2n) is 6.96. The highest BCUT2D eigenvalue weighted by Gasteiger charge is 2.41. The van der Waals surface area contributed by atoms with Crippen molar-refractivity contribution in [3.63, 3.8) is 0 Å². The molecule has 0 fully saturated rings. The predicted molar refractivity (Wildman–Crippen MR) is 108 cm³/mol. The third kappa shape index (κ3) is 4.34. The molecule has 0 bridgehead atoms. The van der Waals surface area contributed by atoms with Crippen LogP contribution in [-0.2, 0) is 10.3 Å². The molecule has 0 saturated carbocycles. The first-order chi connectivity index (χ1) is 13.3. The molecule has 0 radical (unpaired) electrons. The number of hydrogen-bond acceptors (Lipinski definition) is 3. The van der Waals surface area contributed by atoms with Gasteiger partial charge in [0.15, 0.2) is 5.78 Å². The Balaban J connectivity index is 2.08. The Labute approximate surface area is 180 Å². The van der Waals surface area contributed by atoms with Gasteiger partial charge in [-0.05, 0) is 54.7 Å². The molecule has 152 valence electrons. The number of rotatable bonds is 3. The minimum absolute atomic E-state index is 0.0161. The lowest BCUT2D eigenvalue weighted by Gasteiger charge is -2.20. The Bertz CT molecular complexity index is 1010. The van der Waals surface area contributed by atoms with Gasteiger partial charge in [0.05, 0.1) is 26.2 Å². The van der Waals surface area contributed by atoms with Crippen LogP contribution in [0.2, 0.25) is 15.1 Å². The largest absolute Gasteiger partial charge is 0.492 e. The molecule has 1 heterocycles. The van der Waals surface area contributed by atoms with Crippen LogP contribution in [0.1, 0.15) is 35.3 Å². The van der Waals surface area contributed by atoms with E-state index < -0.39 is 30.3 Å². The van der Waals surface area contributed by atoms with Crippen molar-refractivity contribution in [3.8, 4) is 0 Å². The van der Waals surface area contributed by atoms with Gasteiger partial charge in [0, 0.05) is 5.56 Å². The van der Waals surface area contributed by atoms with Crippen LogP contribution in [0.3, 0.4) is 0 Å². The number of halogens is 6. The van der Waals surface area contributed by atoms with Crippen molar-refractivity contribution in [2.24, 2.45) is 0 Å². The Morgan fingerprint density at radius 3 is 2.24 bits per heavy atom. The van der Waals surface area contributed by atoms with Gasteiger partial charge < -0.3 is 9.68 Å². The van der Waals surface area contributed by atoms with Crippen LogP contribution in [0.5, 0.6) is 0 Å². The van der Waals surface area contributed by atoms with E-state index in [-0.39, 0.29) is 26.2 Å². The van der Waals surface area contributed by atoms with Crippen LogP contribution >= 0.6 is 34.8 Å². The summed E-state index contributed by atoms with van der Waals surface area (Å²) < 4.78 is 46.3. The molecular formula is C19H13BCl3F3O3. The predicted octanol–water partition coefficient (Wildman–Crippen LogP) is 5.43. The van der Waals surface area contributed by atoms with Gasteiger partial charge in [-0.2, -0.15) is 13.2 Å². The molecule has 29 heavy (non-hydrogen) atoms. The summed E-state index contributed by atoms with van der Waals surface area (Å²) in [4.78, 5) is 12.6. The highest BCUT2D eigenvalue weighted by molar-refractivity contribution is 6.62. The summed E-state index contributed by atoms with van der Waals surface area (Å²) in [5, 5.41) is 9.51. The third-order valence-electron chi connectivity index (χ3n) is 4.53. The van der Waals surface area contributed by atoms with Crippen molar-refractivity contribution in [3.05, 3.63) is 68.2 Å². The van der Waals surface area contributed by atoms with Crippen molar-refractivity contribution in [1.82, 2.24) is 0 Å². The minimum atomic E-state index is -4.84. The molecule has 3 rings (SSSR count). The van der Waals surface area contributed by atoms with E-state index in [1.54, 1.807) is 13.8 Å². The molecule has 0 unspecified atom stereocenters. The lowest BCUT2D eigenvalue weighted by molar-refractivity contribution is -0.0689. The average Bonchev–Trinajstić information content (AvgIpc) is 2.84. The smallest absolute Gasteiger partial charge is 0.423 e. The van der Waals surface area contributed by atoms with Crippen molar-refractivity contribution in [2.75, 3.05) is 0 Å². The molecule has 0 amide bonds. The molecule has 0 saturated heterocycles. The van der Waals surface area contributed by atoms with Gasteiger partial charge in [0.25, 0.3) is 0 Å². The van der Waals surface area contributed by atoms with Crippen molar-refractivity contribution >= 4 is 58.7 Å². The third-order valence-corrected chi connectivity index (χ3v) is 5.73. The maximum atomic E-state index is 13.6. The van der Waals surface area contributed by atoms with E-state index in [9.17, 15) is 23.0 Å². The number of alkyl halides is 3. The van der Waals surface area contributed by atoms with Gasteiger partial charge in [-0.3, -0.25) is 4.79 Å². The molecule has 1 aliphatic rings. The van der Waals surface area contributed by atoms with Crippen molar-refractivity contribution in [1.29, 1.82) is 0 Å². The molecule has 10 heteroatoms. The Kier molecular flexibility index (Phi) is 5.84. The summed E-state index contributed by atoms with van der Waals surface area (Å²) >= 11 is 17.5. The molecule has 0 spiro atoms. The summed E-state index contributed by atoms with van der Waals surface area (Å²) in [7, 11) is -1.16. The molecule has 3 nitrogen and oxygen atoms in total. The quantitative estimate of drug-likeness (QED) is 0.286. The van der Waals surface area contributed by atoms with E-state index in [0.29, 0.717) is 17.1 Å². The fourth-order valence-electron chi connectivity index (χ4n) is 3.11. The van der Waals surface area contributed by atoms with Crippen LogP contribution < -0.4 is 5.46 Å². The monoisotopic (exact) mass is 462 g/mol. The number of benzene rings is 2. The normalized spacial score (nSPS) is 16.2. The van der Waals surface area contributed by atoms with Gasteiger partial charge in [-0.1, -0.05) is 46.9 Å². The lowest BCUT2D eigenvalue weighted by atomic mass is 9.77. The molecule has 0 aliphatic carbocycles. The van der Waals surface area contributed by atoms with Crippen molar-refractivity contribution < 1.29 is 27.6 Å². The van der Waals surface area contributed by atoms with Crippen LogP contribution in [0.15, 0.2) is 36.4 Å². The highest BCUT2D eigenvalue weighted by Crippen LogP contribution is 2.39. The van der Waals surface area contributed by atoms with Gasteiger partial charge in [0.2, 0.25) is 0 Å². The van der Waals surface area contributed by atoms with Crippen LogP contribution in [0.25, 0.3) is 5.57 Å². The Hall–Kier alpha value is -1.51. The summed E-state index contributed by atoms with van der Waals surface area (Å²) in [6.45, 7) is 3.37. The fraction of sp³-hybridized carbons (Fsp3) is 0.211. The van der Waals surface area contributed by atoms with Gasteiger partial charge in [0.1, 0.15) is 0 Å². The molecule has 0 aromatic heterocycles. The molecular weight excluding hydrogens is 450 g/mol. The standard InChI is InChI=1S/C19H13BCl3F3O3/c1-18(2)12-5-9(3-4-13(12)20(28)29-18)16(27)8-11(19(24,25)26)10-6-14(21)17(23)15(22)7-10/h3-8,28H,1-2H3. The lowest BCUT2D eigenvalue weighted by Crippen LogP contribution is -2.28. The molecule has 2 aromatic rings. The molecule has 1 N–H and O–H groups in total. The highest BCUT2D eigenvalue weighted by atomic mass is 35.5. The summed E-state index contributed by atoms with van der Waals surface area (Å²) in [5.74, 6) is -0.875. The average molecular weight is 463 g/mol. The first kappa shape index (κ1) is 22.2. The first-order valence-corrected chi connectivity index (χ1v) is 9.43. The van der Waals surface area contributed by atoms with E-state index in [0.717, 1.165) is 12.1 Å². The molecule has 0 atom stereocenters.